The molecule has 0 atom stereocenters. The Hall–Kier alpha value is -2.19. The SMILES string of the molecule is O=C1NC(=O)/C(=C/c2ccnc(N3CCC(CCCc4cccs4)CC3)n2)S1. The fraction of sp³-hybridized carbons (Fsp3) is 0.400. The number of carbonyl (C=O) groups is 2. The highest BCUT2D eigenvalue weighted by Crippen LogP contribution is 2.27. The second-order valence-electron chi connectivity index (χ2n) is 7.04. The van der Waals surface area contributed by atoms with E-state index in [-0.39, 0.29) is 11.1 Å². The lowest BCUT2D eigenvalue weighted by Crippen LogP contribution is -2.35. The van der Waals surface area contributed by atoms with Crippen LogP contribution in [-0.2, 0) is 11.2 Å². The molecule has 0 unspecified atom stereocenters. The van der Waals surface area contributed by atoms with Crippen molar-refractivity contribution in [2.75, 3.05) is 18.0 Å². The first-order chi connectivity index (χ1) is 13.7. The van der Waals surface area contributed by atoms with E-state index in [1.165, 1.54) is 24.1 Å². The van der Waals surface area contributed by atoms with Crippen LogP contribution >= 0.6 is 23.1 Å². The van der Waals surface area contributed by atoms with Gasteiger partial charge in [-0.15, -0.1) is 11.3 Å². The first-order valence-electron chi connectivity index (χ1n) is 9.52. The van der Waals surface area contributed by atoms with Gasteiger partial charge in [-0.25, -0.2) is 9.97 Å². The molecule has 6 nitrogen and oxygen atoms in total. The van der Waals surface area contributed by atoms with Gasteiger partial charge in [-0.1, -0.05) is 6.07 Å². The summed E-state index contributed by atoms with van der Waals surface area (Å²) >= 11 is 2.75. The predicted molar refractivity (Wildman–Crippen MR) is 113 cm³/mol. The average Bonchev–Trinajstić information content (AvgIpc) is 3.32. The summed E-state index contributed by atoms with van der Waals surface area (Å²) in [4.78, 5) is 36.0. The number of thiophene rings is 1. The summed E-state index contributed by atoms with van der Waals surface area (Å²) in [6.07, 6.45) is 9.39. The van der Waals surface area contributed by atoms with E-state index in [1.807, 2.05) is 11.3 Å². The molecular weight excluding hydrogens is 392 g/mol. The minimum atomic E-state index is -0.362. The lowest BCUT2D eigenvalue weighted by molar-refractivity contribution is -0.115. The zero-order valence-electron chi connectivity index (χ0n) is 15.5. The smallest absolute Gasteiger partial charge is 0.290 e. The Morgan fingerprint density at radius 3 is 2.82 bits per heavy atom. The minimum Gasteiger partial charge on any atom is -0.341 e. The number of amides is 2. The average molecular weight is 415 g/mol. The van der Waals surface area contributed by atoms with E-state index < -0.39 is 0 Å². The molecule has 0 aliphatic carbocycles. The van der Waals surface area contributed by atoms with Crippen LogP contribution in [0.1, 0.15) is 36.3 Å². The van der Waals surface area contributed by atoms with E-state index in [1.54, 1.807) is 18.3 Å². The molecule has 0 saturated carbocycles. The Morgan fingerprint density at radius 2 is 2.11 bits per heavy atom. The molecule has 1 N–H and O–H groups in total. The predicted octanol–water partition coefficient (Wildman–Crippen LogP) is 4.10. The van der Waals surface area contributed by atoms with E-state index in [0.29, 0.717) is 16.5 Å². The van der Waals surface area contributed by atoms with Crippen molar-refractivity contribution in [1.82, 2.24) is 15.3 Å². The van der Waals surface area contributed by atoms with Crippen LogP contribution in [0.2, 0.25) is 0 Å². The van der Waals surface area contributed by atoms with Gasteiger partial charge in [0.1, 0.15) is 0 Å². The Labute approximate surface area is 172 Å². The van der Waals surface area contributed by atoms with Gasteiger partial charge in [-0.2, -0.15) is 0 Å². The lowest BCUT2D eigenvalue weighted by Gasteiger charge is -2.32. The van der Waals surface area contributed by atoms with E-state index in [9.17, 15) is 9.59 Å². The second kappa shape index (κ2) is 8.87. The van der Waals surface area contributed by atoms with Crippen LogP contribution in [0, 0.1) is 5.92 Å². The minimum absolute atomic E-state index is 0.341. The maximum absolute atomic E-state index is 11.7. The van der Waals surface area contributed by atoms with Gasteiger partial charge >= 0.3 is 0 Å². The van der Waals surface area contributed by atoms with Crippen LogP contribution in [-0.4, -0.2) is 34.2 Å². The number of thioether (sulfide) groups is 1. The molecule has 4 rings (SSSR count). The van der Waals surface area contributed by atoms with Crippen molar-refractivity contribution in [1.29, 1.82) is 0 Å². The topological polar surface area (TPSA) is 75.2 Å². The van der Waals surface area contributed by atoms with Crippen LogP contribution in [0.4, 0.5) is 10.7 Å². The van der Waals surface area contributed by atoms with E-state index in [4.69, 9.17) is 0 Å². The fourth-order valence-corrected chi connectivity index (χ4v) is 5.01. The van der Waals surface area contributed by atoms with Crippen molar-refractivity contribution in [2.45, 2.75) is 32.1 Å². The standard InChI is InChI=1S/C20H22N4O2S2/c25-18-17(28-20(26)23-18)13-15-6-9-21-19(22-15)24-10-7-14(8-11-24)3-1-4-16-5-2-12-27-16/h2,5-6,9,12-14H,1,3-4,7-8,10-11H2,(H,23,25,26)/b17-13-. The second-order valence-corrected chi connectivity index (χ2v) is 9.08. The number of imide groups is 1. The number of hydrogen-bond acceptors (Lipinski definition) is 7. The zero-order valence-corrected chi connectivity index (χ0v) is 17.1. The number of aryl methyl sites for hydroxylation is 1. The van der Waals surface area contributed by atoms with Crippen molar-refractivity contribution >= 4 is 46.3 Å². The summed E-state index contributed by atoms with van der Waals surface area (Å²) in [5.41, 5.74) is 0.649. The summed E-state index contributed by atoms with van der Waals surface area (Å²) in [7, 11) is 0. The summed E-state index contributed by atoms with van der Waals surface area (Å²) in [5, 5.41) is 4.06. The van der Waals surface area contributed by atoms with Crippen LogP contribution in [0.15, 0.2) is 34.7 Å². The number of rotatable bonds is 6. The van der Waals surface area contributed by atoms with Gasteiger partial charge in [0.2, 0.25) is 5.95 Å². The van der Waals surface area contributed by atoms with Crippen LogP contribution in [0.25, 0.3) is 6.08 Å². The molecule has 28 heavy (non-hydrogen) atoms. The van der Waals surface area contributed by atoms with Crippen molar-refractivity contribution < 1.29 is 9.59 Å². The van der Waals surface area contributed by atoms with Crippen molar-refractivity contribution in [3.05, 3.63) is 45.3 Å². The highest BCUT2D eigenvalue weighted by Gasteiger charge is 2.25. The molecule has 146 valence electrons. The Balaban J connectivity index is 1.30. The third kappa shape index (κ3) is 4.80. The third-order valence-electron chi connectivity index (χ3n) is 5.10. The molecule has 2 aromatic heterocycles. The molecule has 2 aliphatic rings. The number of aromatic nitrogens is 2. The van der Waals surface area contributed by atoms with Gasteiger partial charge < -0.3 is 4.90 Å². The molecule has 0 spiro atoms. The van der Waals surface area contributed by atoms with E-state index in [2.05, 4.69) is 37.7 Å². The molecular formula is C20H22N4O2S2. The van der Waals surface area contributed by atoms with Gasteiger partial charge in [-0.3, -0.25) is 14.9 Å². The summed E-state index contributed by atoms with van der Waals surface area (Å²) < 4.78 is 0. The molecule has 0 aromatic carbocycles. The van der Waals surface area contributed by atoms with Crippen LogP contribution < -0.4 is 10.2 Å². The van der Waals surface area contributed by atoms with Gasteiger partial charge in [0, 0.05) is 24.2 Å². The molecule has 0 radical (unpaired) electrons. The van der Waals surface area contributed by atoms with Crippen molar-refractivity contribution in [3.63, 3.8) is 0 Å². The number of hydrogen-bond donors (Lipinski definition) is 1. The first kappa shape index (κ1) is 19.1. The number of piperidine rings is 1. The first-order valence-corrected chi connectivity index (χ1v) is 11.2. The summed E-state index contributed by atoms with van der Waals surface area (Å²) in [5.74, 6) is 1.10. The third-order valence-corrected chi connectivity index (χ3v) is 6.85. The quantitative estimate of drug-likeness (QED) is 0.717. The van der Waals surface area contributed by atoms with Crippen LogP contribution in [0.3, 0.4) is 0 Å². The number of nitrogens with one attached hydrogen (secondary N) is 1. The maximum Gasteiger partial charge on any atom is 0.290 e. The van der Waals surface area contributed by atoms with E-state index in [0.717, 1.165) is 43.6 Å². The monoisotopic (exact) mass is 414 g/mol. The van der Waals surface area contributed by atoms with Gasteiger partial charge in [0.15, 0.2) is 0 Å². The lowest BCUT2D eigenvalue weighted by atomic mass is 9.91. The van der Waals surface area contributed by atoms with Crippen molar-refractivity contribution in [3.8, 4) is 0 Å². The summed E-state index contributed by atoms with van der Waals surface area (Å²) in [6, 6.07) is 6.10. The number of nitrogens with zero attached hydrogens (tertiary/aromatic N) is 3. The van der Waals surface area contributed by atoms with E-state index >= 15 is 0 Å². The van der Waals surface area contributed by atoms with Gasteiger partial charge in [0.25, 0.3) is 11.1 Å². The molecule has 8 heteroatoms. The number of anilines is 1. The molecule has 4 heterocycles. The highest BCUT2D eigenvalue weighted by molar-refractivity contribution is 8.18. The van der Waals surface area contributed by atoms with Crippen molar-refractivity contribution in [2.24, 2.45) is 5.92 Å². The summed E-state index contributed by atoms with van der Waals surface area (Å²) in [6.45, 7) is 1.91. The molecule has 2 fully saturated rings. The highest BCUT2D eigenvalue weighted by atomic mass is 32.2. The zero-order chi connectivity index (χ0) is 19.3. The molecule has 2 amide bonds. The molecule has 2 aliphatic heterocycles. The fourth-order valence-electron chi connectivity index (χ4n) is 3.59. The normalized spacial score (nSPS) is 19.4. The van der Waals surface area contributed by atoms with Gasteiger partial charge in [0.05, 0.1) is 10.6 Å². The molecule has 0 bridgehead atoms. The van der Waals surface area contributed by atoms with Gasteiger partial charge in [-0.05, 0) is 73.4 Å². The maximum atomic E-state index is 11.7. The number of carbonyl (C=O) groups excluding carboxylic acids is 2. The Morgan fingerprint density at radius 1 is 1.25 bits per heavy atom. The largest absolute Gasteiger partial charge is 0.341 e. The Kier molecular flexibility index (Phi) is 6.07. The Bertz CT molecular complexity index is 874. The van der Waals surface area contributed by atoms with Crippen LogP contribution in [0.5, 0.6) is 0 Å². The molecule has 2 saturated heterocycles. The molecule has 2 aromatic rings.